The Bertz CT molecular complexity index is 518. The molecule has 129 valence electrons. The van der Waals surface area contributed by atoms with Gasteiger partial charge in [0.2, 0.25) is 0 Å². The van der Waals surface area contributed by atoms with Gasteiger partial charge >= 0.3 is 0 Å². The molecule has 0 amide bonds. The second-order valence-electron chi connectivity index (χ2n) is 5.99. The molecule has 0 spiro atoms. The van der Waals surface area contributed by atoms with Crippen molar-refractivity contribution in [2.45, 2.75) is 37.2 Å². The molecular weight excluding hydrogens is 401 g/mol. The van der Waals surface area contributed by atoms with Gasteiger partial charge in [0, 0.05) is 49.6 Å². The molecule has 4 atom stereocenters. The Kier molecular flexibility index (Phi) is 10.4. The first-order chi connectivity index (χ1) is 11.2. The number of aldehydes is 1. The number of unbranched alkanes of at least 4 members (excludes halogenated alkanes) is 1. The molecule has 0 aliphatic heterocycles. The Labute approximate surface area is 174 Å². The zero-order valence-electron chi connectivity index (χ0n) is 13.8. The van der Waals surface area contributed by atoms with Gasteiger partial charge in [-0.25, -0.2) is 0 Å². The standard InChI is InChI=1S/C19H24ClO3.Y/c1-2-3-4-5-6-16-17(19(22)11-18(16)20)13-23-15-9-7-14(12-21)8-10-15;/h4-5,7-10,12,16-19,22H,1-3,6,11,13H2;/q-1;/b5-4-;/t16-,17-,18-,19-;/m1./s1. The predicted molar refractivity (Wildman–Crippen MR) is 92.9 cm³/mol. The van der Waals surface area contributed by atoms with Gasteiger partial charge in [0.15, 0.2) is 0 Å². The summed E-state index contributed by atoms with van der Waals surface area (Å²) in [6, 6.07) is 6.98. The largest absolute Gasteiger partial charge is 0.493 e. The average Bonchev–Trinajstić information content (AvgIpc) is 2.83. The van der Waals surface area contributed by atoms with Crippen LogP contribution >= 0.6 is 11.6 Å². The molecule has 0 bridgehead atoms. The maximum atomic E-state index is 10.7. The molecule has 1 aliphatic carbocycles. The molecular formula is C19H24ClO3Y-. The van der Waals surface area contributed by atoms with Crippen LogP contribution in [0, 0.1) is 18.8 Å². The van der Waals surface area contributed by atoms with Crippen molar-refractivity contribution in [3.63, 3.8) is 0 Å². The zero-order chi connectivity index (χ0) is 16.7. The number of ether oxygens (including phenoxy) is 1. The van der Waals surface area contributed by atoms with Crippen molar-refractivity contribution in [2.75, 3.05) is 6.61 Å². The molecule has 0 aromatic heterocycles. The first-order valence-corrected chi connectivity index (χ1v) is 8.53. The van der Waals surface area contributed by atoms with E-state index in [2.05, 4.69) is 19.1 Å². The van der Waals surface area contributed by atoms with E-state index in [4.69, 9.17) is 16.3 Å². The summed E-state index contributed by atoms with van der Waals surface area (Å²) in [6.45, 7) is 4.24. The minimum atomic E-state index is -0.432. The second-order valence-corrected chi connectivity index (χ2v) is 6.55. The van der Waals surface area contributed by atoms with Crippen LogP contribution in [0.15, 0.2) is 36.4 Å². The molecule has 5 heteroatoms. The van der Waals surface area contributed by atoms with Gasteiger partial charge in [-0.3, -0.25) is 4.79 Å². The van der Waals surface area contributed by atoms with Crippen LogP contribution in [0.1, 0.15) is 36.0 Å². The third-order valence-electron chi connectivity index (χ3n) is 4.38. The zero-order valence-corrected chi connectivity index (χ0v) is 17.4. The quantitative estimate of drug-likeness (QED) is 0.296. The van der Waals surface area contributed by atoms with E-state index in [1.54, 1.807) is 24.3 Å². The van der Waals surface area contributed by atoms with Crippen molar-refractivity contribution in [1.29, 1.82) is 0 Å². The normalized spacial score (nSPS) is 26.3. The van der Waals surface area contributed by atoms with Crippen LogP contribution in [0.25, 0.3) is 0 Å². The van der Waals surface area contributed by atoms with E-state index >= 15 is 0 Å². The Balaban J connectivity index is 0.00000288. The van der Waals surface area contributed by atoms with E-state index < -0.39 is 6.10 Å². The summed E-state index contributed by atoms with van der Waals surface area (Å²) in [5, 5.41) is 10.2. The van der Waals surface area contributed by atoms with Crippen LogP contribution in [0.5, 0.6) is 5.75 Å². The summed E-state index contributed by atoms with van der Waals surface area (Å²) in [7, 11) is 0. The summed E-state index contributed by atoms with van der Waals surface area (Å²) in [5.74, 6) is 0.932. The fourth-order valence-electron chi connectivity index (χ4n) is 3.02. The number of carbonyl (C=O) groups is 1. The fraction of sp³-hybridized carbons (Fsp3) is 0.474. The van der Waals surface area contributed by atoms with Crippen molar-refractivity contribution < 1.29 is 47.3 Å². The van der Waals surface area contributed by atoms with Gasteiger partial charge in [0.1, 0.15) is 12.0 Å². The molecule has 1 N–H and O–H groups in total. The van der Waals surface area contributed by atoms with Gasteiger partial charge in [-0.2, -0.15) is 6.42 Å². The minimum absolute atomic E-state index is 0. The average molecular weight is 425 g/mol. The number of alkyl halides is 1. The molecule has 0 saturated heterocycles. The third-order valence-corrected chi connectivity index (χ3v) is 4.88. The molecule has 1 aliphatic rings. The molecule has 0 heterocycles. The number of rotatable bonds is 8. The Morgan fingerprint density at radius 1 is 1.25 bits per heavy atom. The van der Waals surface area contributed by atoms with Crippen LogP contribution in [-0.4, -0.2) is 29.5 Å². The Morgan fingerprint density at radius 2 is 1.96 bits per heavy atom. The number of aliphatic hydroxyl groups is 1. The van der Waals surface area contributed by atoms with Gasteiger partial charge in [-0.1, -0.05) is 18.6 Å². The fourth-order valence-corrected chi connectivity index (χ4v) is 3.49. The molecule has 24 heavy (non-hydrogen) atoms. The van der Waals surface area contributed by atoms with E-state index in [9.17, 15) is 9.90 Å². The van der Waals surface area contributed by atoms with Crippen molar-refractivity contribution in [3.05, 3.63) is 48.9 Å². The van der Waals surface area contributed by atoms with E-state index in [-0.39, 0.29) is 49.9 Å². The summed E-state index contributed by atoms with van der Waals surface area (Å²) in [5.41, 5.74) is 0.618. The molecule has 1 saturated carbocycles. The number of allylic oxidation sites excluding steroid dienone is 2. The SMILES string of the molecule is [CH2-]CC/C=C\C[C@@H]1[C@@H](COc2ccc(C=O)cc2)[C@H](O)C[C@H]1Cl.[Y]. The van der Waals surface area contributed by atoms with Crippen LogP contribution in [0.4, 0.5) is 0 Å². The van der Waals surface area contributed by atoms with Crippen molar-refractivity contribution in [3.8, 4) is 5.75 Å². The van der Waals surface area contributed by atoms with E-state index in [1.165, 1.54) is 0 Å². The van der Waals surface area contributed by atoms with E-state index in [1.807, 2.05) is 0 Å². The third kappa shape index (κ3) is 6.26. The molecule has 1 fully saturated rings. The number of aliphatic hydroxyl groups excluding tert-OH is 1. The summed E-state index contributed by atoms with van der Waals surface area (Å²) in [6.07, 6.45) is 7.93. The van der Waals surface area contributed by atoms with Gasteiger partial charge < -0.3 is 16.8 Å². The van der Waals surface area contributed by atoms with E-state index in [0.717, 1.165) is 25.5 Å². The number of hydrogen-bond donors (Lipinski definition) is 1. The monoisotopic (exact) mass is 424 g/mol. The van der Waals surface area contributed by atoms with Gasteiger partial charge in [-0.15, -0.1) is 11.6 Å². The predicted octanol–water partition coefficient (Wildman–Crippen LogP) is 4.04. The number of hydrogen-bond acceptors (Lipinski definition) is 3. The molecule has 1 aromatic carbocycles. The first kappa shape index (κ1) is 21.8. The van der Waals surface area contributed by atoms with Crippen molar-refractivity contribution in [2.24, 2.45) is 11.8 Å². The minimum Gasteiger partial charge on any atom is -0.493 e. The summed E-state index contributed by atoms with van der Waals surface area (Å²) < 4.78 is 5.80. The summed E-state index contributed by atoms with van der Waals surface area (Å²) in [4.78, 5) is 10.7. The maximum absolute atomic E-state index is 10.7. The van der Waals surface area contributed by atoms with Crippen LogP contribution in [0.3, 0.4) is 0 Å². The van der Waals surface area contributed by atoms with Crippen LogP contribution in [0.2, 0.25) is 0 Å². The maximum Gasteiger partial charge on any atom is 0.150 e. The van der Waals surface area contributed by atoms with Gasteiger partial charge in [-0.05, 0) is 43.0 Å². The Hall–Kier alpha value is -0.216. The molecule has 1 aromatic rings. The molecule has 1 radical (unpaired) electrons. The van der Waals surface area contributed by atoms with Crippen molar-refractivity contribution >= 4 is 17.9 Å². The second kappa shape index (κ2) is 11.4. The van der Waals surface area contributed by atoms with Crippen molar-refractivity contribution in [1.82, 2.24) is 0 Å². The molecule has 2 rings (SSSR count). The smallest absolute Gasteiger partial charge is 0.150 e. The topological polar surface area (TPSA) is 46.5 Å². The molecule has 3 nitrogen and oxygen atoms in total. The van der Waals surface area contributed by atoms with Gasteiger partial charge in [0.05, 0.1) is 12.7 Å². The number of benzene rings is 1. The van der Waals surface area contributed by atoms with E-state index in [0.29, 0.717) is 24.3 Å². The van der Waals surface area contributed by atoms with Crippen LogP contribution in [-0.2, 0) is 32.7 Å². The van der Waals surface area contributed by atoms with Crippen LogP contribution < -0.4 is 4.74 Å². The Morgan fingerprint density at radius 3 is 2.58 bits per heavy atom. The summed E-state index contributed by atoms with van der Waals surface area (Å²) >= 11 is 6.40. The molecule has 0 unspecified atom stereocenters. The van der Waals surface area contributed by atoms with Gasteiger partial charge in [0.25, 0.3) is 0 Å². The number of carbonyl (C=O) groups excluding carboxylic acids is 1. The first-order valence-electron chi connectivity index (χ1n) is 8.10. The number of halogens is 1.